The number of ether oxygens (including phenoxy) is 1. The first-order valence-corrected chi connectivity index (χ1v) is 3.18. The van der Waals surface area contributed by atoms with Crippen LogP contribution in [0.1, 0.15) is 0 Å². The van der Waals surface area contributed by atoms with Crippen molar-refractivity contribution < 1.29 is 24.2 Å². The van der Waals surface area contributed by atoms with E-state index in [9.17, 15) is 14.4 Å². The van der Waals surface area contributed by atoms with Gasteiger partial charge < -0.3 is 9.84 Å². The molecule has 0 bridgehead atoms. The monoisotopic (exact) mass is 183 g/mol. The standard InChI is InChI=1S/C7H5NO5/c1-4(13-7(11)12)8-5(9)2-3-6(8)10/h2-3H,1H2,(H,11,12). The molecule has 2 amide bonds. The summed E-state index contributed by atoms with van der Waals surface area (Å²) in [5.41, 5.74) is 0. The molecule has 0 aromatic carbocycles. The van der Waals surface area contributed by atoms with Gasteiger partial charge in [0, 0.05) is 12.2 Å². The highest BCUT2D eigenvalue weighted by Crippen LogP contribution is 2.11. The Labute approximate surface area is 72.7 Å². The minimum atomic E-state index is -1.63. The van der Waals surface area contributed by atoms with E-state index in [-0.39, 0.29) is 0 Å². The fraction of sp³-hybridized carbons (Fsp3) is 0. The van der Waals surface area contributed by atoms with Gasteiger partial charge in [0.25, 0.3) is 11.8 Å². The summed E-state index contributed by atoms with van der Waals surface area (Å²) in [6, 6.07) is 0. The molecular weight excluding hydrogens is 178 g/mol. The Morgan fingerprint density at radius 2 is 1.85 bits per heavy atom. The number of carboxylic acid groups (broad SMARTS) is 1. The predicted molar refractivity (Wildman–Crippen MR) is 39.2 cm³/mol. The molecule has 0 atom stereocenters. The van der Waals surface area contributed by atoms with Crippen molar-refractivity contribution in [3.05, 3.63) is 24.6 Å². The molecule has 0 saturated carbocycles. The number of amides is 2. The molecule has 0 radical (unpaired) electrons. The summed E-state index contributed by atoms with van der Waals surface area (Å²) < 4.78 is 4.04. The van der Waals surface area contributed by atoms with Crippen LogP contribution in [-0.2, 0) is 14.3 Å². The molecule has 0 aliphatic carbocycles. The summed E-state index contributed by atoms with van der Waals surface area (Å²) in [6.45, 7) is 3.12. The number of carbonyl (C=O) groups is 3. The van der Waals surface area contributed by atoms with Gasteiger partial charge in [-0.15, -0.1) is 0 Å². The van der Waals surface area contributed by atoms with Gasteiger partial charge in [-0.3, -0.25) is 9.59 Å². The molecule has 0 spiro atoms. The molecule has 1 heterocycles. The van der Waals surface area contributed by atoms with Gasteiger partial charge in [0.05, 0.1) is 0 Å². The molecule has 1 rings (SSSR count). The van der Waals surface area contributed by atoms with Gasteiger partial charge in [0.2, 0.25) is 5.88 Å². The first-order chi connectivity index (χ1) is 6.02. The molecule has 0 aromatic heterocycles. The molecule has 0 fully saturated rings. The third kappa shape index (κ3) is 1.73. The Hall–Kier alpha value is -2.11. The normalized spacial score (nSPS) is 14.9. The van der Waals surface area contributed by atoms with Crippen LogP contribution in [0.15, 0.2) is 24.6 Å². The predicted octanol–water partition coefficient (Wildman–Crippen LogP) is 0.0772. The van der Waals surface area contributed by atoms with Crippen LogP contribution >= 0.6 is 0 Å². The van der Waals surface area contributed by atoms with Crippen molar-refractivity contribution in [3.8, 4) is 0 Å². The molecule has 13 heavy (non-hydrogen) atoms. The Bertz CT molecular complexity index is 312. The van der Waals surface area contributed by atoms with Gasteiger partial charge in [-0.05, 0) is 6.58 Å². The topological polar surface area (TPSA) is 83.9 Å². The molecule has 0 aromatic rings. The van der Waals surface area contributed by atoms with Crippen molar-refractivity contribution >= 4 is 18.0 Å². The minimum Gasteiger partial charge on any atom is -0.449 e. The molecule has 1 aliphatic rings. The molecule has 1 aliphatic heterocycles. The molecule has 1 N–H and O–H groups in total. The Morgan fingerprint density at radius 1 is 1.38 bits per heavy atom. The molecule has 68 valence electrons. The average Bonchev–Trinajstić information content (AvgIpc) is 2.29. The quantitative estimate of drug-likeness (QED) is 0.372. The summed E-state index contributed by atoms with van der Waals surface area (Å²) in [5, 5.41) is 8.16. The zero-order valence-corrected chi connectivity index (χ0v) is 6.39. The van der Waals surface area contributed by atoms with Gasteiger partial charge in [0.1, 0.15) is 0 Å². The SMILES string of the molecule is C=C(OC(=O)O)N1C(=O)C=CC1=O. The fourth-order valence-electron chi connectivity index (χ4n) is 0.792. The van der Waals surface area contributed by atoms with Crippen molar-refractivity contribution in [2.75, 3.05) is 0 Å². The number of imide groups is 1. The van der Waals surface area contributed by atoms with Crippen LogP contribution in [0.25, 0.3) is 0 Å². The second kappa shape index (κ2) is 3.10. The maximum atomic E-state index is 10.9. The van der Waals surface area contributed by atoms with Crippen molar-refractivity contribution in [1.82, 2.24) is 4.90 Å². The number of hydrogen-bond donors (Lipinski definition) is 1. The Morgan fingerprint density at radius 3 is 2.23 bits per heavy atom. The zero-order valence-electron chi connectivity index (χ0n) is 6.39. The van der Waals surface area contributed by atoms with Crippen LogP contribution in [0, 0.1) is 0 Å². The fourth-order valence-corrected chi connectivity index (χ4v) is 0.792. The number of nitrogens with zero attached hydrogens (tertiary/aromatic N) is 1. The third-order valence-corrected chi connectivity index (χ3v) is 1.26. The van der Waals surface area contributed by atoms with Gasteiger partial charge >= 0.3 is 6.16 Å². The largest absolute Gasteiger partial charge is 0.512 e. The van der Waals surface area contributed by atoms with Crippen LogP contribution in [0.2, 0.25) is 0 Å². The van der Waals surface area contributed by atoms with Crippen molar-refractivity contribution in [3.63, 3.8) is 0 Å². The first kappa shape index (κ1) is 8.98. The van der Waals surface area contributed by atoms with E-state index in [1.54, 1.807) is 0 Å². The molecule has 6 heteroatoms. The lowest BCUT2D eigenvalue weighted by atomic mass is 10.6. The Balaban J connectivity index is 2.73. The maximum Gasteiger partial charge on any atom is 0.512 e. The van der Waals surface area contributed by atoms with Crippen LogP contribution in [0.4, 0.5) is 4.79 Å². The van der Waals surface area contributed by atoms with Gasteiger partial charge in [-0.25, -0.2) is 9.69 Å². The van der Waals surface area contributed by atoms with Crippen LogP contribution in [0.3, 0.4) is 0 Å². The van der Waals surface area contributed by atoms with E-state index in [0.717, 1.165) is 12.2 Å². The van der Waals surface area contributed by atoms with Gasteiger partial charge in [-0.1, -0.05) is 0 Å². The first-order valence-electron chi connectivity index (χ1n) is 3.18. The van der Waals surface area contributed by atoms with Gasteiger partial charge in [-0.2, -0.15) is 0 Å². The van der Waals surface area contributed by atoms with E-state index in [1.807, 2.05) is 0 Å². The number of hydrogen-bond acceptors (Lipinski definition) is 4. The number of rotatable bonds is 2. The molecule has 0 saturated heterocycles. The lowest BCUT2D eigenvalue weighted by Gasteiger charge is -2.13. The maximum absolute atomic E-state index is 10.9. The van der Waals surface area contributed by atoms with E-state index in [1.165, 1.54) is 0 Å². The summed E-state index contributed by atoms with van der Waals surface area (Å²) in [6.07, 6.45) is 0.370. The average molecular weight is 183 g/mol. The van der Waals surface area contributed by atoms with Crippen LogP contribution in [0.5, 0.6) is 0 Å². The number of carbonyl (C=O) groups excluding carboxylic acids is 2. The lowest BCUT2D eigenvalue weighted by Crippen LogP contribution is -2.30. The zero-order chi connectivity index (χ0) is 10.0. The third-order valence-electron chi connectivity index (χ3n) is 1.26. The molecular formula is C7H5NO5. The second-order valence-electron chi connectivity index (χ2n) is 2.11. The summed E-state index contributed by atoms with van der Waals surface area (Å²) in [5.74, 6) is -1.86. The highest BCUT2D eigenvalue weighted by molar-refractivity contribution is 6.14. The highest BCUT2D eigenvalue weighted by Gasteiger charge is 2.28. The van der Waals surface area contributed by atoms with Crippen molar-refractivity contribution in [1.29, 1.82) is 0 Å². The smallest absolute Gasteiger partial charge is 0.449 e. The molecule has 6 nitrogen and oxygen atoms in total. The van der Waals surface area contributed by atoms with E-state index in [4.69, 9.17) is 5.11 Å². The lowest BCUT2D eigenvalue weighted by molar-refractivity contribution is -0.136. The van der Waals surface area contributed by atoms with Crippen molar-refractivity contribution in [2.45, 2.75) is 0 Å². The van der Waals surface area contributed by atoms with Crippen LogP contribution < -0.4 is 0 Å². The second-order valence-corrected chi connectivity index (χ2v) is 2.11. The van der Waals surface area contributed by atoms with E-state index >= 15 is 0 Å². The van der Waals surface area contributed by atoms with E-state index < -0.39 is 23.9 Å². The minimum absolute atomic E-state index is 0.521. The summed E-state index contributed by atoms with van der Waals surface area (Å²) in [7, 11) is 0. The van der Waals surface area contributed by atoms with Crippen LogP contribution in [-0.4, -0.2) is 28.0 Å². The highest BCUT2D eigenvalue weighted by atomic mass is 16.7. The van der Waals surface area contributed by atoms with Crippen molar-refractivity contribution in [2.24, 2.45) is 0 Å². The summed E-state index contributed by atoms with van der Waals surface area (Å²) >= 11 is 0. The molecule has 0 unspecified atom stereocenters. The van der Waals surface area contributed by atoms with E-state index in [2.05, 4.69) is 11.3 Å². The Kier molecular flexibility index (Phi) is 2.14. The van der Waals surface area contributed by atoms with E-state index in [0.29, 0.717) is 4.90 Å². The van der Waals surface area contributed by atoms with Gasteiger partial charge in [0.15, 0.2) is 0 Å². The summed E-state index contributed by atoms with van der Waals surface area (Å²) in [4.78, 5) is 32.3.